The monoisotopic (exact) mass is 267 g/mol. The summed E-state index contributed by atoms with van der Waals surface area (Å²) in [5.41, 5.74) is 0. The molecule has 2 aliphatic carbocycles. The Balaban J connectivity index is 1.93. The zero-order valence-electron chi connectivity index (χ0n) is 11.7. The van der Waals surface area contributed by atoms with E-state index in [0.717, 1.165) is 24.4 Å². The Morgan fingerprint density at radius 3 is 1.72 bits per heavy atom. The Morgan fingerprint density at radius 2 is 1.28 bits per heavy atom. The lowest BCUT2D eigenvalue weighted by Gasteiger charge is -2.41. The first-order valence-electron chi connectivity index (χ1n) is 7.93. The molecule has 0 spiro atoms. The van der Waals surface area contributed by atoms with E-state index in [1.807, 2.05) is 0 Å². The fourth-order valence-electron chi connectivity index (χ4n) is 3.69. The first kappa shape index (κ1) is 14.5. The van der Waals surface area contributed by atoms with Crippen LogP contribution in [-0.2, 0) is 0 Å². The lowest BCUT2D eigenvalue weighted by molar-refractivity contribution is 0.0939. The van der Waals surface area contributed by atoms with E-state index in [4.69, 9.17) is 0 Å². The molecule has 104 valence electrons. The van der Waals surface area contributed by atoms with Crippen molar-refractivity contribution in [2.75, 3.05) is 12.3 Å². The number of hydrogen-bond donors (Lipinski definition) is 1. The molecule has 0 radical (unpaired) electrons. The van der Waals surface area contributed by atoms with Crippen LogP contribution in [0.2, 0.25) is 0 Å². The molecule has 2 aliphatic rings. The van der Waals surface area contributed by atoms with Crippen molar-refractivity contribution in [1.82, 2.24) is 4.90 Å². The normalized spacial score (nSPS) is 24.1. The van der Waals surface area contributed by atoms with Gasteiger partial charge in [-0.25, -0.2) is 0 Å². The largest absolute Gasteiger partial charge is 0.294 e. The van der Waals surface area contributed by atoms with Crippen LogP contribution in [0.1, 0.15) is 64.2 Å². The molecular formula is C16H29NS. The van der Waals surface area contributed by atoms with Gasteiger partial charge in [-0.3, -0.25) is 4.90 Å². The zero-order chi connectivity index (χ0) is 12.6. The van der Waals surface area contributed by atoms with Crippen molar-refractivity contribution in [3.05, 3.63) is 12.2 Å². The van der Waals surface area contributed by atoms with Crippen molar-refractivity contribution in [3.8, 4) is 0 Å². The molecule has 1 nitrogen and oxygen atoms in total. The molecule has 18 heavy (non-hydrogen) atoms. The van der Waals surface area contributed by atoms with E-state index < -0.39 is 0 Å². The lowest BCUT2D eigenvalue weighted by atomic mass is 9.88. The van der Waals surface area contributed by atoms with Crippen LogP contribution in [0, 0.1) is 0 Å². The minimum Gasteiger partial charge on any atom is -0.294 e. The highest BCUT2D eigenvalue weighted by atomic mass is 32.1. The maximum atomic E-state index is 4.27. The average molecular weight is 267 g/mol. The van der Waals surface area contributed by atoms with Crippen LogP contribution in [0.3, 0.4) is 0 Å². The van der Waals surface area contributed by atoms with Gasteiger partial charge in [0.1, 0.15) is 0 Å². The second kappa shape index (κ2) is 8.27. The summed E-state index contributed by atoms with van der Waals surface area (Å²) in [7, 11) is 0. The smallest absolute Gasteiger partial charge is 0.0169 e. The van der Waals surface area contributed by atoms with Crippen molar-refractivity contribution in [1.29, 1.82) is 0 Å². The molecule has 0 heterocycles. The Hall–Kier alpha value is 0.0500. The van der Waals surface area contributed by atoms with E-state index in [0.29, 0.717) is 0 Å². The number of nitrogens with zero attached hydrogens (tertiary/aromatic N) is 1. The Bertz CT molecular complexity index is 221. The van der Waals surface area contributed by atoms with Crippen molar-refractivity contribution in [2.45, 2.75) is 76.3 Å². The quantitative estimate of drug-likeness (QED) is 0.569. The van der Waals surface area contributed by atoms with Gasteiger partial charge in [0, 0.05) is 24.4 Å². The Kier molecular flexibility index (Phi) is 6.64. The van der Waals surface area contributed by atoms with Gasteiger partial charge in [-0.15, -0.1) is 0 Å². The van der Waals surface area contributed by atoms with Crippen molar-refractivity contribution >= 4 is 12.6 Å². The molecule has 2 fully saturated rings. The molecule has 0 aromatic carbocycles. The number of hydrogen-bond acceptors (Lipinski definition) is 2. The molecule has 0 aromatic heterocycles. The molecular weight excluding hydrogens is 238 g/mol. The van der Waals surface area contributed by atoms with Gasteiger partial charge in [0.05, 0.1) is 0 Å². The van der Waals surface area contributed by atoms with Crippen LogP contribution < -0.4 is 0 Å². The number of rotatable bonds is 5. The molecule has 0 unspecified atom stereocenters. The van der Waals surface area contributed by atoms with E-state index in [2.05, 4.69) is 29.7 Å². The molecule has 0 atom stereocenters. The fourth-order valence-corrected chi connectivity index (χ4v) is 3.84. The second-order valence-electron chi connectivity index (χ2n) is 5.93. The van der Waals surface area contributed by atoms with Gasteiger partial charge < -0.3 is 0 Å². The Morgan fingerprint density at radius 1 is 0.778 bits per heavy atom. The summed E-state index contributed by atoms with van der Waals surface area (Å²) < 4.78 is 0. The summed E-state index contributed by atoms with van der Waals surface area (Å²) in [6, 6.07) is 1.73. The Labute approximate surface area is 118 Å². The lowest BCUT2D eigenvalue weighted by Crippen LogP contribution is -2.45. The van der Waals surface area contributed by atoms with Crippen LogP contribution in [0.25, 0.3) is 0 Å². The standard InChI is InChI=1S/C16H29NS/c18-14-8-7-13-17(15-9-3-1-4-10-15)16-11-5-2-6-12-16/h7-8,15-16,18H,1-6,9-14H2. The van der Waals surface area contributed by atoms with Gasteiger partial charge >= 0.3 is 0 Å². The molecule has 2 rings (SSSR count). The first-order chi connectivity index (χ1) is 8.92. The summed E-state index contributed by atoms with van der Waals surface area (Å²) in [5, 5.41) is 0. The molecule has 2 saturated carbocycles. The minimum absolute atomic E-state index is 0.867. The summed E-state index contributed by atoms with van der Waals surface area (Å²) in [6.07, 6.45) is 19.0. The van der Waals surface area contributed by atoms with Crippen molar-refractivity contribution < 1.29 is 0 Å². The van der Waals surface area contributed by atoms with E-state index in [-0.39, 0.29) is 0 Å². The van der Waals surface area contributed by atoms with Crippen LogP contribution in [0.5, 0.6) is 0 Å². The third kappa shape index (κ3) is 4.31. The minimum atomic E-state index is 0.867. The zero-order valence-corrected chi connectivity index (χ0v) is 12.6. The van der Waals surface area contributed by atoms with Crippen LogP contribution >= 0.6 is 12.6 Å². The number of thiol groups is 1. The molecule has 0 amide bonds. The highest BCUT2D eigenvalue weighted by Gasteiger charge is 2.27. The SMILES string of the molecule is SCC=CCN(C1CCCCC1)C1CCCCC1. The van der Waals surface area contributed by atoms with Gasteiger partial charge in [-0.2, -0.15) is 12.6 Å². The fraction of sp³-hybridized carbons (Fsp3) is 0.875. The molecule has 0 bridgehead atoms. The first-order valence-corrected chi connectivity index (χ1v) is 8.56. The highest BCUT2D eigenvalue weighted by molar-refractivity contribution is 7.80. The van der Waals surface area contributed by atoms with Gasteiger partial charge in [0.25, 0.3) is 0 Å². The summed E-state index contributed by atoms with van der Waals surface area (Å²) >= 11 is 4.27. The summed E-state index contributed by atoms with van der Waals surface area (Å²) in [6.45, 7) is 1.16. The van der Waals surface area contributed by atoms with Crippen molar-refractivity contribution in [2.24, 2.45) is 0 Å². The topological polar surface area (TPSA) is 3.24 Å². The summed E-state index contributed by atoms with van der Waals surface area (Å²) in [4.78, 5) is 2.83. The molecule has 0 aliphatic heterocycles. The van der Waals surface area contributed by atoms with Crippen LogP contribution in [0.15, 0.2) is 12.2 Å². The highest BCUT2D eigenvalue weighted by Crippen LogP contribution is 2.29. The maximum Gasteiger partial charge on any atom is 0.0169 e. The van der Waals surface area contributed by atoms with Crippen molar-refractivity contribution in [3.63, 3.8) is 0 Å². The average Bonchev–Trinajstić information content (AvgIpc) is 2.46. The van der Waals surface area contributed by atoms with Gasteiger partial charge in [0.2, 0.25) is 0 Å². The predicted octanol–water partition coefficient (Wildman–Crippen LogP) is 4.44. The van der Waals surface area contributed by atoms with E-state index in [9.17, 15) is 0 Å². The van der Waals surface area contributed by atoms with E-state index in [1.165, 1.54) is 64.2 Å². The third-order valence-corrected chi connectivity index (χ3v) is 4.89. The van der Waals surface area contributed by atoms with E-state index in [1.54, 1.807) is 0 Å². The van der Waals surface area contributed by atoms with Gasteiger partial charge in [-0.1, -0.05) is 50.7 Å². The molecule has 0 saturated heterocycles. The maximum absolute atomic E-state index is 4.27. The van der Waals surface area contributed by atoms with Crippen LogP contribution in [0.4, 0.5) is 0 Å². The predicted molar refractivity (Wildman–Crippen MR) is 83.4 cm³/mol. The molecule has 2 heteroatoms. The van der Waals surface area contributed by atoms with Gasteiger partial charge in [0.15, 0.2) is 0 Å². The second-order valence-corrected chi connectivity index (χ2v) is 6.30. The molecule has 0 aromatic rings. The summed E-state index contributed by atoms with van der Waals surface area (Å²) in [5.74, 6) is 0.878. The third-order valence-electron chi connectivity index (χ3n) is 4.68. The van der Waals surface area contributed by atoms with E-state index >= 15 is 0 Å². The van der Waals surface area contributed by atoms with Gasteiger partial charge in [-0.05, 0) is 25.7 Å². The van der Waals surface area contributed by atoms with Crippen LogP contribution in [-0.4, -0.2) is 29.3 Å². The molecule has 0 N–H and O–H groups in total.